The fraction of sp³-hybridized carbons (Fsp3) is 0.458. The minimum Gasteiger partial charge on any atom is -0.478 e. The molecule has 2 unspecified atom stereocenters. The molecule has 0 aliphatic carbocycles. The second-order valence-electron chi connectivity index (χ2n) is 9.16. The zero-order valence-electron chi connectivity index (χ0n) is 19.0. The van der Waals surface area contributed by atoms with E-state index in [2.05, 4.69) is 10.3 Å². The van der Waals surface area contributed by atoms with Gasteiger partial charge in [0.1, 0.15) is 11.4 Å². The molecule has 3 aliphatic rings. The number of aromatic nitrogens is 1. The molecule has 2 atom stereocenters. The molecule has 2 aromatic rings. The summed E-state index contributed by atoms with van der Waals surface area (Å²) < 4.78 is 11.6. The summed E-state index contributed by atoms with van der Waals surface area (Å²) in [6.07, 6.45) is 1.12. The first kappa shape index (κ1) is 21.5. The predicted molar refractivity (Wildman–Crippen MR) is 121 cm³/mol. The number of carbonyl (C=O) groups is 3. The second kappa shape index (κ2) is 8.22. The SMILES string of the molecule is CC(C)C1Oc2c(cc(C(=O)N3CCOCC3)cc2C2CN(C)C(=O)c3[nH]ccc32)NC1=O. The molecule has 3 amide bonds. The molecule has 1 saturated heterocycles. The lowest BCUT2D eigenvalue weighted by atomic mass is 9.85. The summed E-state index contributed by atoms with van der Waals surface area (Å²) in [7, 11) is 1.76. The number of fused-ring (bicyclic) bond motifs is 2. The van der Waals surface area contributed by atoms with Crippen molar-refractivity contribution in [3.63, 3.8) is 0 Å². The highest BCUT2D eigenvalue weighted by molar-refractivity contribution is 6.02. The van der Waals surface area contributed by atoms with Crippen molar-refractivity contribution >= 4 is 23.4 Å². The average Bonchev–Trinajstić information content (AvgIpc) is 3.30. The Morgan fingerprint density at radius 2 is 1.91 bits per heavy atom. The number of aromatic amines is 1. The van der Waals surface area contributed by atoms with Crippen LogP contribution in [-0.2, 0) is 9.53 Å². The van der Waals surface area contributed by atoms with Crippen LogP contribution in [0.25, 0.3) is 0 Å². The van der Waals surface area contributed by atoms with Gasteiger partial charge in [0, 0.05) is 49.9 Å². The number of ether oxygens (including phenoxy) is 2. The van der Waals surface area contributed by atoms with Crippen molar-refractivity contribution in [3.05, 3.63) is 46.8 Å². The molecule has 33 heavy (non-hydrogen) atoms. The number of anilines is 1. The number of hydrogen-bond acceptors (Lipinski definition) is 5. The summed E-state index contributed by atoms with van der Waals surface area (Å²) in [5, 5.41) is 2.96. The lowest BCUT2D eigenvalue weighted by Crippen LogP contribution is -2.43. The highest BCUT2D eigenvalue weighted by Gasteiger charge is 2.38. The molecule has 1 aromatic carbocycles. The monoisotopic (exact) mass is 452 g/mol. The van der Waals surface area contributed by atoms with Gasteiger partial charge in [-0.25, -0.2) is 0 Å². The predicted octanol–water partition coefficient (Wildman–Crippen LogP) is 2.06. The Labute approximate surface area is 192 Å². The van der Waals surface area contributed by atoms with Crippen LogP contribution >= 0.6 is 0 Å². The van der Waals surface area contributed by atoms with Crippen LogP contribution in [0.5, 0.6) is 5.75 Å². The third kappa shape index (κ3) is 3.66. The van der Waals surface area contributed by atoms with E-state index in [9.17, 15) is 14.4 Å². The maximum Gasteiger partial charge on any atom is 0.270 e. The molecule has 174 valence electrons. The first-order chi connectivity index (χ1) is 15.8. The molecule has 0 radical (unpaired) electrons. The van der Waals surface area contributed by atoms with Gasteiger partial charge in [-0.05, 0) is 29.7 Å². The molecule has 0 bridgehead atoms. The molecule has 5 rings (SSSR count). The smallest absolute Gasteiger partial charge is 0.270 e. The summed E-state index contributed by atoms with van der Waals surface area (Å²) in [6.45, 7) is 6.35. The molecule has 3 aliphatic heterocycles. The van der Waals surface area contributed by atoms with Crippen LogP contribution in [0.1, 0.15) is 51.7 Å². The van der Waals surface area contributed by atoms with Crippen molar-refractivity contribution in [3.8, 4) is 5.75 Å². The normalized spacial score (nSPS) is 22.5. The Morgan fingerprint density at radius 1 is 1.15 bits per heavy atom. The molecule has 1 fully saturated rings. The van der Waals surface area contributed by atoms with E-state index in [0.29, 0.717) is 55.5 Å². The largest absolute Gasteiger partial charge is 0.478 e. The summed E-state index contributed by atoms with van der Waals surface area (Å²) >= 11 is 0. The lowest BCUT2D eigenvalue weighted by Gasteiger charge is -2.35. The topological polar surface area (TPSA) is 104 Å². The third-order valence-electron chi connectivity index (χ3n) is 6.58. The first-order valence-electron chi connectivity index (χ1n) is 11.3. The van der Waals surface area contributed by atoms with Crippen LogP contribution < -0.4 is 10.1 Å². The fourth-order valence-electron chi connectivity index (χ4n) is 4.80. The molecule has 0 spiro atoms. The number of carbonyl (C=O) groups excluding carboxylic acids is 3. The number of likely N-dealkylation sites (N-methyl/N-ethyl adjacent to an activating group) is 1. The van der Waals surface area contributed by atoms with E-state index in [4.69, 9.17) is 9.47 Å². The maximum absolute atomic E-state index is 13.3. The first-order valence-corrected chi connectivity index (χ1v) is 11.3. The van der Waals surface area contributed by atoms with Crippen molar-refractivity contribution in [1.29, 1.82) is 0 Å². The van der Waals surface area contributed by atoms with E-state index in [-0.39, 0.29) is 29.6 Å². The third-order valence-corrected chi connectivity index (χ3v) is 6.58. The van der Waals surface area contributed by atoms with E-state index in [1.165, 1.54) is 0 Å². The van der Waals surface area contributed by atoms with Crippen LogP contribution in [0.15, 0.2) is 24.4 Å². The minimum atomic E-state index is -0.634. The van der Waals surface area contributed by atoms with Gasteiger partial charge in [-0.2, -0.15) is 0 Å². The van der Waals surface area contributed by atoms with E-state index >= 15 is 0 Å². The Hall–Kier alpha value is -3.33. The highest BCUT2D eigenvalue weighted by atomic mass is 16.5. The van der Waals surface area contributed by atoms with E-state index in [0.717, 1.165) is 11.1 Å². The van der Waals surface area contributed by atoms with Gasteiger partial charge in [0.25, 0.3) is 17.7 Å². The molecule has 4 heterocycles. The molecule has 2 N–H and O–H groups in total. The fourth-order valence-corrected chi connectivity index (χ4v) is 4.80. The van der Waals surface area contributed by atoms with Gasteiger partial charge in [0.15, 0.2) is 6.10 Å². The van der Waals surface area contributed by atoms with Gasteiger partial charge < -0.3 is 29.6 Å². The van der Waals surface area contributed by atoms with Crippen LogP contribution in [0.4, 0.5) is 5.69 Å². The molecule has 0 saturated carbocycles. The van der Waals surface area contributed by atoms with Gasteiger partial charge in [0.05, 0.1) is 18.9 Å². The van der Waals surface area contributed by atoms with Crippen molar-refractivity contribution in [2.75, 3.05) is 45.2 Å². The Bertz CT molecular complexity index is 1120. The van der Waals surface area contributed by atoms with Crippen LogP contribution in [0.3, 0.4) is 0 Å². The summed E-state index contributed by atoms with van der Waals surface area (Å²) in [5.74, 6) is -0.0847. The zero-order valence-corrected chi connectivity index (χ0v) is 19.0. The number of rotatable bonds is 3. The Kier molecular flexibility index (Phi) is 5.36. The summed E-state index contributed by atoms with van der Waals surface area (Å²) in [4.78, 5) is 45.2. The van der Waals surface area contributed by atoms with E-state index in [1.54, 1.807) is 29.1 Å². The Morgan fingerprint density at radius 3 is 2.64 bits per heavy atom. The van der Waals surface area contributed by atoms with E-state index < -0.39 is 6.10 Å². The quantitative estimate of drug-likeness (QED) is 0.742. The number of nitrogens with one attached hydrogen (secondary N) is 2. The van der Waals surface area contributed by atoms with Crippen LogP contribution in [-0.4, -0.2) is 78.5 Å². The minimum absolute atomic E-state index is 0.0286. The maximum atomic E-state index is 13.3. The number of morpholine rings is 1. The van der Waals surface area contributed by atoms with Gasteiger partial charge in [-0.1, -0.05) is 13.8 Å². The Balaban J connectivity index is 1.64. The van der Waals surface area contributed by atoms with Crippen molar-refractivity contribution in [2.45, 2.75) is 25.9 Å². The average molecular weight is 453 g/mol. The van der Waals surface area contributed by atoms with E-state index in [1.807, 2.05) is 26.0 Å². The standard InChI is InChI=1S/C24H28N4O5/c1-13(2)20-22(29)26-18-11-14(23(30)28-6-8-32-9-7-28)10-16(21(18)33-20)17-12-27(3)24(31)19-15(17)4-5-25-19/h4-5,10-11,13,17,20,25H,6-9,12H2,1-3H3,(H,26,29). The van der Waals surface area contributed by atoms with Crippen LogP contribution in [0, 0.1) is 5.92 Å². The summed E-state index contributed by atoms with van der Waals surface area (Å²) in [6, 6.07) is 5.45. The van der Waals surface area contributed by atoms with Crippen molar-refractivity contribution in [1.82, 2.24) is 14.8 Å². The van der Waals surface area contributed by atoms with Gasteiger partial charge in [-0.15, -0.1) is 0 Å². The second-order valence-corrected chi connectivity index (χ2v) is 9.16. The van der Waals surface area contributed by atoms with Crippen LogP contribution in [0.2, 0.25) is 0 Å². The van der Waals surface area contributed by atoms with Gasteiger partial charge in [0.2, 0.25) is 0 Å². The lowest BCUT2D eigenvalue weighted by molar-refractivity contribution is -0.125. The number of amides is 3. The molecule has 1 aromatic heterocycles. The highest BCUT2D eigenvalue weighted by Crippen LogP contribution is 2.44. The number of hydrogen-bond donors (Lipinski definition) is 2. The molecule has 9 nitrogen and oxygen atoms in total. The number of nitrogens with zero attached hydrogens (tertiary/aromatic N) is 2. The zero-order chi connectivity index (χ0) is 23.3. The van der Waals surface area contributed by atoms with Crippen molar-refractivity contribution in [2.24, 2.45) is 5.92 Å². The number of benzene rings is 1. The molecular formula is C24H28N4O5. The summed E-state index contributed by atoms with van der Waals surface area (Å²) in [5.41, 5.74) is 3.15. The molecule has 9 heteroatoms. The van der Waals surface area contributed by atoms with Crippen molar-refractivity contribution < 1.29 is 23.9 Å². The number of H-pyrrole nitrogens is 1. The van der Waals surface area contributed by atoms with Gasteiger partial charge in [-0.3, -0.25) is 14.4 Å². The molecular weight excluding hydrogens is 424 g/mol. The van der Waals surface area contributed by atoms with Gasteiger partial charge >= 0.3 is 0 Å².